The molecule has 8 nitrogen and oxygen atoms in total. The Balaban J connectivity index is 1.82. The second kappa shape index (κ2) is 8.88. The lowest BCUT2D eigenvalue weighted by atomic mass is 10.0. The Kier molecular flexibility index (Phi) is 6.26. The van der Waals surface area contributed by atoms with Gasteiger partial charge in [-0.1, -0.05) is 36.4 Å². The van der Waals surface area contributed by atoms with Crippen molar-refractivity contribution in [2.24, 2.45) is 0 Å². The molecule has 0 bridgehead atoms. The van der Waals surface area contributed by atoms with Crippen molar-refractivity contribution in [2.75, 3.05) is 4.72 Å². The van der Waals surface area contributed by atoms with E-state index >= 15 is 0 Å². The maximum absolute atomic E-state index is 12.8. The number of anilines is 1. The molecule has 0 fully saturated rings. The third-order valence-corrected chi connectivity index (χ3v) is 5.92. The highest BCUT2D eigenvalue weighted by Crippen LogP contribution is 2.27. The van der Waals surface area contributed by atoms with Crippen LogP contribution in [0.3, 0.4) is 0 Å². The Morgan fingerprint density at radius 2 is 1.58 bits per heavy atom. The minimum absolute atomic E-state index is 0.0123. The van der Waals surface area contributed by atoms with Crippen molar-refractivity contribution in [1.82, 2.24) is 0 Å². The van der Waals surface area contributed by atoms with Crippen LogP contribution in [0.1, 0.15) is 22.3 Å². The Bertz CT molecular complexity index is 1230. The van der Waals surface area contributed by atoms with Crippen LogP contribution in [0.25, 0.3) is 11.1 Å². The Labute approximate surface area is 178 Å². The van der Waals surface area contributed by atoms with Crippen molar-refractivity contribution in [2.45, 2.75) is 17.7 Å². The van der Waals surface area contributed by atoms with Gasteiger partial charge in [-0.25, -0.2) is 13.2 Å². The third-order valence-electron chi connectivity index (χ3n) is 4.54. The normalized spacial score (nSPS) is 11.1. The number of hydrogen-bond acceptors (Lipinski definition) is 5. The van der Waals surface area contributed by atoms with E-state index in [0.29, 0.717) is 12.0 Å². The average molecular weight is 441 g/mol. The molecule has 0 heterocycles. The van der Waals surface area contributed by atoms with Crippen LogP contribution in [0.4, 0.5) is 5.69 Å². The van der Waals surface area contributed by atoms with Gasteiger partial charge in [-0.05, 0) is 47.4 Å². The van der Waals surface area contributed by atoms with Crippen molar-refractivity contribution in [3.8, 4) is 16.9 Å². The van der Waals surface area contributed by atoms with Gasteiger partial charge in [0, 0.05) is 12.5 Å². The van der Waals surface area contributed by atoms with Gasteiger partial charge in [-0.3, -0.25) is 9.52 Å². The number of carboxylic acids is 2. The maximum Gasteiger partial charge on any atom is 0.339 e. The van der Waals surface area contributed by atoms with E-state index in [9.17, 15) is 23.1 Å². The molecule has 9 heteroatoms. The first-order chi connectivity index (χ1) is 14.7. The van der Waals surface area contributed by atoms with E-state index in [1.165, 1.54) is 18.2 Å². The van der Waals surface area contributed by atoms with Crippen molar-refractivity contribution >= 4 is 27.6 Å². The van der Waals surface area contributed by atoms with Crippen LogP contribution in [0, 0.1) is 0 Å². The van der Waals surface area contributed by atoms with Crippen molar-refractivity contribution in [1.29, 1.82) is 0 Å². The molecular weight excluding hydrogens is 422 g/mol. The van der Waals surface area contributed by atoms with E-state index in [2.05, 4.69) is 4.72 Å². The number of sulfonamides is 1. The number of aliphatic carboxylic acids is 1. The van der Waals surface area contributed by atoms with Gasteiger partial charge in [0.25, 0.3) is 10.0 Å². The summed E-state index contributed by atoms with van der Waals surface area (Å²) in [7, 11) is -3.99. The Morgan fingerprint density at radius 3 is 2.19 bits per heavy atom. The maximum atomic E-state index is 12.8. The zero-order valence-corrected chi connectivity index (χ0v) is 17.0. The fourth-order valence-corrected chi connectivity index (χ4v) is 4.04. The number of aromatic hydroxyl groups is 1. The molecule has 0 amide bonds. The zero-order chi connectivity index (χ0) is 22.6. The van der Waals surface area contributed by atoms with Crippen LogP contribution >= 0.6 is 0 Å². The number of aromatic carboxylic acids is 1. The fraction of sp³-hybridized carbons (Fsp3) is 0.0909. The minimum atomic E-state index is -3.99. The SMILES string of the molecule is O=C(O)CCc1ccc(-c2cccc(S(=O)(=O)Nc3ccc(C(=O)O)c(O)c3)c2)cc1. The van der Waals surface area contributed by atoms with Gasteiger partial charge in [-0.2, -0.15) is 0 Å². The lowest BCUT2D eigenvalue weighted by Crippen LogP contribution is -2.13. The van der Waals surface area contributed by atoms with Crippen LogP contribution in [-0.4, -0.2) is 35.7 Å². The molecule has 0 atom stereocenters. The smallest absolute Gasteiger partial charge is 0.339 e. The first kappa shape index (κ1) is 21.8. The monoisotopic (exact) mass is 441 g/mol. The van der Waals surface area contributed by atoms with Crippen LogP contribution in [0.2, 0.25) is 0 Å². The molecule has 0 aliphatic heterocycles. The number of benzene rings is 3. The second-order valence-electron chi connectivity index (χ2n) is 6.76. The highest BCUT2D eigenvalue weighted by Gasteiger charge is 2.17. The van der Waals surface area contributed by atoms with Gasteiger partial charge in [0.15, 0.2) is 0 Å². The molecule has 4 N–H and O–H groups in total. The molecule has 0 aliphatic rings. The second-order valence-corrected chi connectivity index (χ2v) is 8.44. The summed E-state index contributed by atoms with van der Waals surface area (Å²) in [6, 6.07) is 16.8. The number of phenols is 1. The van der Waals surface area contributed by atoms with Gasteiger partial charge in [0.05, 0.1) is 10.6 Å². The molecule has 0 unspecified atom stereocenters. The number of rotatable bonds is 8. The summed E-state index contributed by atoms with van der Waals surface area (Å²) in [6.07, 6.45) is 0.434. The Morgan fingerprint density at radius 1 is 0.871 bits per heavy atom. The van der Waals surface area contributed by atoms with E-state index in [4.69, 9.17) is 10.2 Å². The molecule has 3 aromatic rings. The van der Waals surface area contributed by atoms with Gasteiger partial charge in [0.2, 0.25) is 0 Å². The topological polar surface area (TPSA) is 141 Å². The Hall–Kier alpha value is -3.85. The van der Waals surface area contributed by atoms with E-state index < -0.39 is 27.7 Å². The zero-order valence-electron chi connectivity index (χ0n) is 16.1. The summed E-state index contributed by atoms with van der Waals surface area (Å²) in [5, 5.41) is 27.5. The number of hydrogen-bond donors (Lipinski definition) is 4. The summed E-state index contributed by atoms with van der Waals surface area (Å²) in [5.74, 6) is -2.75. The summed E-state index contributed by atoms with van der Waals surface area (Å²) in [5.41, 5.74) is 1.96. The van der Waals surface area contributed by atoms with E-state index in [1.54, 1.807) is 36.4 Å². The van der Waals surface area contributed by atoms with Crippen molar-refractivity contribution in [3.63, 3.8) is 0 Å². The summed E-state index contributed by atoms with van der Waals surface area (Å²) < 4.78 is 27.8. The molecule has 160 valence electrons. The number of aryl methyl sites for hydroxylation is 1. The van der Waals surface area contributed by atoms with Gasteiger partial charge in [-0.15, -0.1) is 0 Å². The molecular formula is C22H19NO7S. The van der Waals surface area contributed by atoms with Crippen LogP contribution in [-0.2, 0) is 21.2 Å². The molecule has 0 aliphatic carbocycles. The van der Waals surface area contributed by atoms with E-state index in [1.807, 2.05) is 0 Å². The fourth-order valence-electron chi connectivity index (χ4n) is 2.95. The van der Waals surface area contributed by atoms with Crippen LogP contribution < -0.4 is 4.72 Å². The molecule has 0 spiro atoms. The summed E-state index contributed by atoms with van der Waals surface area (Å²) in [4.78, 5) is 21.6. The molecule has 3 aromatic carbocycles. The molecule has 0 radical (unpaired) electrons. The highest BCUT2D eigenvalue weighted by atomic mass is 32.2. The number of carboxylic acid groups (broad SMARTS) is 2. The lowest BCUT2D eigenvalue weighted by Gasteiger charge is -2.11. The minimum Gasteiger partial charge on any atom is -0.507 e. The van der Waals surface area contributed by atoms with E-state index in [0.717, 1.165) is 23.3 Å². The lowest BCUT2D eigenvalue weighted by molar-refractivity contribution is -0.136. The largest absolute Gasteiger partial charge is 0.507 e. The number of nitrogens with one attached hydrogen (secondary N) is 1. The van der Waals surface area contributed by atoms with Crippen LogP contribution in [0.5, 0.6) is 5.75 Å². The van der Waals surface area contributed by atoms with Crippen molar-refractivity contribution < 1.29 is 33.3 Å². The first-order valence-corrected chi connectivity index (χ1v) is 10.6. The molecule has 31 heavy (non-hydrogen) atoms. The predicted octanol–water partition coefficient (Wildman–Crippen LogP) is 3.58. The van der Waals surface area contributed by atoms with E-state index in [-0.39, 0.29) is 22.6 Å². The molecule has 0 saturated heterocycles. The predicted molar refractivity (Wildman–Crippen MR) is 114 cm³/mol. The summed E-state index contributed by atoms with van der Waals surface area (Å²) >= 11 is 0. The van der Waals surface area contributed by atoms with Crippen LogP contribution in [0.15, 0.2) is 71.6 Å². The standard InChI is InChI=1S/C22H19NO7S/c24-20-13-17(9-10-19(20)22(27)28)23-31(29,30)18-3-1-2-16(12-18)15-7-4-14(5-8-15)6-11-21(25)26/h1-5,7-10,12-13,23-24H,6,11H2,(H,25,26)(H,27,28). The molecule has 0 aromatic heterocycles. The molecule has 3 rings (SSSR count). The quantitative estimate of drug-likeness (QED) is 0.419. The average Bonchev–Trinajstić information content (AvgIpc) is 2.72. The van der Waals surface area contributed by atoms with Gasteiger partial charge in [0.1, 0.15) is 11.3 Å². The third kappa shape index (κ3) is 5.40. The van der Waals surface area contributed by atoms with Gasteiger partial charge >= 0.3 is 11.9 Å². The first-order valence-electron chi connectivity index (χ1n) is 9.16. The summed E-state index contributed by atoms with van der Waals surface area (Å²) in [6.45, 7) is 0. The van der Waals surface area contributed by atoms with Gasteiger partial charge < -0.3 is 15.3 Å². The highest BCUT2D eigenvalue weighted by molar-refractivity contribution is 7.92. The number of carbonyl (C=O) groups is 2. The molecule has 0 saturated carbocycles. The van der Waals surface area contributed by atoms with Crippen molar-refractivity contribution in [3.05, 3.63) is 77.9 Å².